The lowest BCUT2D eigenvalue weighted by molar-refractivity contribution is -0.131. The van der Waals surface area contributed by atoms with Gasteiger partial charge < -0.3 is 10.4 Å². The molecular weight excluding hydrogens is 192 g/mol. The van der Waals surface area contributed by atoms with Crippen molar-refractivity contribution in [3.8, 4) is 0 Å². The third-order valence-electron chi connectivity index (χ3n) is 1.83. The van der Waals surface area contributed by atoms with Gasteiger partial charge in [-0.2, -0.15) is 0 Å². The third kappa shape index (κ3) is 4.93. The number of nitrogens with zero attached hydrogens (tertiary/aromatic N) is 1. The summed E-state index contributed by atoms with van der Waals surface area (Å²) in [4.78, 5) is 14.3. The molecule has 0 radical (unpaired) electrons. The molecule has 0 unspecified atom stereocenters. The Bertz CT molecular complexity index is 347. The fourth-order valence-electron chi connectivity index (χ4n) is 1.17. The van der Waals surface area contributed by atoms with E-state index in [0.29, 0.717) is 13.1 Å². The van der Waals surface area contributed by atoms with Gasteiger partial charge in [-0.3, -0.25) is 4.98 Å². The van der Waals surface area contributed by atoms with Crippen LogP contribution in [0.2, 0.25) is 0 Å². The average Bonchev–Trinajstić information content (AvgIpc) is 2.18. The summed E-state index contributed by atoms with van der Waals surface area (Å²) < 4.78 is 0. The summed E-state index contributed by atoms with van der Waals surface area (Å²) in [5, 5.41) is 11.6. The normalized spacial score (nSPS) is 11.4. The molecule has 0 aromatic carbocycles. The van der Waals surface area contributed by atoms with Crippen LogP contribution in [0.3, 0.4) is 0 Å². The summed E-state index contributed by atoms with van der Waals surface area (Å²) in [7, 11) is 0. The van der Waals surface area contributed by atoms with Crippen molar-refractivity contribution in [1.82, 2.24) is 10.3 Å². The second kappa shape index (κ2) is 5.93. The molecule has 1 aromatic rings. The van der Waals surface area contributed by atoms with Crippen molar-refractivity contribution >= 4 is 5.97 Å². The van der Waals surface area contributed by atoms with E-state index in [2.05, 4.69) is 10.3 Å². The van der Waals surface area contributed by atoms with Crippen LogP contribution in [0.25, 0.3) is 0 Å². The number of nitrogens with one attached hydrogen (secondary N) is 1. The summed E-state index contributed by atoms with van der Waals surface area (Å²) in [6.07, 6.45) is 4.71. The van der Waals surface area contributed by atoms with Crippen LogP contribution in [-0.2, 0) is 11.3 Å². The van der Waals surface area contributed by atoms with Gasteiger partial charge >= 0.3 is 5.97 Å². The van der Waals surface area contributed by atoms with Gasteiger partial charge in [-0.25, -0.2) is 4.79 Å². The van der Waals surface area contributed by atoms with Crippen molar-refractivity contribution in [3.63, 3.8) is 0 Å². The van der Waals surface area contributed by atoms with E-state index in [9.17, 15) is 4.79 Å². The zero-order chi connectivity index (χ0) is 11.1. The van der Waals surface area contributed by atoms with Crippen molar-refractivity contribution in [2.24, 2.45) is 0 Å². The van der Waals surface area contributed by atoms with Crippen LogP contribution >= 0.6 is 0 Å². The highest BCUT2D eigenvalue weighted by atomic mass is 16.4. The van der Waals surface area contributed by atoms with Gasteiger partial charge in [0.1, 0.15) is 0 Å². The lowest BCUT2D eigenvalue weighted by Crippen LogP contribution is -2.16. The Balaban J connectivity index is 2.31. The summed E-state index contributed by atoms with van der Waals surface area (Å²) in [6, 6.07) is 3.84. The van der Waals surface area contributed by atoms with Gasteiger partial charge in [0, 0.05) is 31.6 Å². The van der Waals surface area contributed by atoms with E-state index in [1.807, 2.05) is 12.1 Å². The summed E-state index contributed by atoms with van der Waals surface area (Å²) in [5.41, 5.74) is 1.88. The van der Waals surface area contributed by atoms with Crippen LogP contribution in [0.1, 0.15) is 12.5 Å². The molecule has 0 saturated heterocycles. The molecular formula is C11H14N2O2. The molecule has 0 saturated carbocycles. The molecule has 15 heavy (non-hydrogen) atoms. The second-order valence-electron chi connectivity index (χ2n) is 3.29. The Labute approximate surface area is 88.7 Å². The highest BCUT2D eigenvalue weighted by molar-refractivity contribution is 5.80. The SMILES string of the molecule is C/C(=C/C(=O)O)CNCc1cccnc1. The number of aromatic nitrogens is 1. The molecule has 1 aromatic heterocycles. The summed E-state index contributed by atoms with van der Waals surface area (Å²) in [6.45, 7) is 3.05. The number of aliphatic carboxylic acids is 1. The molecule has 0 aliphatic carbocycles. The zero-order valence-corrected chi connectivity index (χ0v) is 8.60. The highest BCUT2D eigenvalue weighted by Gasteiger charge is 1.95. The van der Waals surface area contributed by atoms with Crippen molar-refractivity contribution in [2.45, 2.75) is 13.5 Å². The molecule has 0 aliphatic heterocycles. The van der Waals surface area contributed by atoms with E-state index < -0.39 is 5.97 Å². The fourth-order valence-corrected chi connectivity index (χ4v) is 1.17. The monoisotopic (exact) mass is 206 g/mol. The van der Waals surface area contributed by atoms with Gasteiger partial charge in [-0.15, -0.1) is 0 Å². The molecule has 0 aliphatic rings. The third-order valence-corrected chi connectivity index (χ3v) is 1.83. The Kier molecular flexibility index (Phi) is 4.50. The van der Waals surface area contributed by atoms with Gasteiger partial charge in [-0.1, -0.05) is 11.6 Å². The minimum absolute atomic E-state index is 0.571. The van der Waals surface area contributed by atoms with Gasteiger partial charge in [0.25, 0.3) is 0 Å². The minimum atomic E-state index is -0.907. The molecule has 80 valence electrons. The lowest BCUT2D eigenvalue weighted by Gasteiger charge is -2.03. The molecule has 0 atom stereocenters. The molecule has 0 fully saturated rings. The van der Waals surface area contributed by atoms with Crippen LogP contribution < -0.4 is 5.32 Å². The fraction of sp³-hybridized carbons (Fsp3) is 0.273. The van der Waals surface area contributed by atoms with Crippen LogP contribution in [-0.4, -0.2) is 22.6 Å². The zero-order valence-electron chi connectivity index (χ0n) is 8.60. The smallest absolute Gasteiger partial charge is 0.328 e. The van der Waals surface area contributed by atoms with E-state index in [0.717, 1.165) is 11.1 Å². The molecule has 1 rings (SSSR count). The molecule has 2 N–H and O–H groups in total. The van der Waals surface area contributed by atoms with Gasteiger partial charge in [0.05, 0.1) is 0 Å². The maximum atomic E-state index is 10.3. The Morgan fingerprint density at radius 3 is 3.07 bits per heavy atom. The average molecular weight is 206 g/mol. The molecule has 4 heteroatoms. The number of pyridine rings is 1. The first-order valence-corrected chi connectivity index (χ1v) is 4.68. The highest BCUT2D eigenvalue weighted by Crippen LogP contribution is 1.95. The first-order valence-electron chi connectivity index (χ1n) is 4.68. The van der Waals surface area contributed by atoms with Crippen LogP contribution in [0, 0.1) is 0 Å². The van der Waals surface area contributed by atoms with Gasteiger partial charge in [-0.05, 0) is 18.6 Å². The van der Waals surface area contributed by atoms with Gasteiger partial charge in [0.15, 0.2) is 0 Å². The van der Waals surface area contributed by atoms with Crippen LogP contribution in [0.5, 0.6) is 0 Å². The number of hydrogen-bond acceptors (Lipinski definition) is 3. The topological polar surface area (TPSA) is 62.2 Å². The van der Waals surface area contributed by atoms with E-state index in [4.69, 9.17) is 5.11 Å². The Hall–Kier alpha value is -1.68. The van der Waals surface area contributed by atoms with E-state index in [1.54, 1.807) is 19.3 Å². The van der Waals surface area contributed by atoms with E-state index in [-0.39, 0.29) is 0 Å². The Morgan fingerprint density at radius 1 is 1.67 bits per heavy atom. The number of carboxylic acids is 1. The van der Waals surface area contributed by atoms with E-state index >= 15 is 0 Å². The van der Waals surface area contributed by atoms with Crippen molar-refractivity contribution in [2.75, 3.05) is 6.54 Å². The standard InChI is InChI=1S/C11H14N2O2/c1-9(5-11(14)15)6-13-8-10-3-2-4-12-7-10/h2-5,7,13H,6,8H2,1H3,(H,14,15)/b9-5-. The summed E-state index contributed by atoms with van der Waals surface area (Å²) in [5.74, 6) is -0.907. The van der Waals surface area contributed by atoms with Gasteiger partial charge in [0.2, 0.25) is 0 Å². The van der Waals surface area contributed by atoms with Crippen molar-refractivity contribution < 1.29 is 9.90 Å². The van der Waals surface area contributed by atoms with Crippen molar-refractivity contribution in [3.05, 3.63) is 41.7 Å². The molecule has 0 bridgehead atoms. The van der Waals surface area contributed by atoms with Crippen LogP contribution in [0.4, 0.5) is 0 Å². The molecule has 1 heterocycles. The largest absolute Gasteiger partial charge is 0.478 e. The number of rotatable bonds is 5. The first-order chi connectivity index (χ1) is 7.18. The quantitative estimate of drug-likeness (QED) is 0.711. The molecule has 0 spiro atoms. The maximum absolute atomic E-state index is 10.3. The number of hydrogen-bond donors (Lipinski definition) is 2. The minimum Gasteiger partial charge on any atom is -0.478 e. The number of carbonyl (C=O) groups is 1. The van der Waals surface area contributed by atoms with Crippen molar-refractivity contribution in [1.29, 1.82) is 0 Å². The molecule has 0 amide bonds. The second-order valence-corrected chi connectivity index (χ2v) is 3.29. The van der Waals surface area contributed by atoms with Crippen LogP contribution in [0.15, 0.2) is 36.2 Å². The maximum Gasteiger partial charge on any atom is 0.328 e. The number of carboxylic acid groups (broad SMARTS) is 1. The van der Waals surface area contributed by atoms with E-state index in [1.165, 1.54) is 6.08 Å². The first kappa shape index (κ1) is 11.4. The Morgan fingerprint density at radius 2 is 2.47 bits per heavy atom. The lowest BCUT2D eigenvalue weighted by atomic mass is 10.2. The molecule has 4 nitrogen and oxygen atoms in total. The summed E-state index contributed by atoms with van der Waals surface area (Å²) >= 11 is 0. The predicted molar refractivity (Wildman–Crippen MR) is 57.3 cm³/mol. The predicted octanol–water partition coefficient (Wildman–Crippen LogP) is 1.20.